The average Bonchev–Trinajstić information content (AvgIpc) is 2.66. The van der Waals surface area contributed by atoms with Crippen LogP contribution in [0.15, 0.2) is 30.3 Å². The number of carbonyl (C=O) groups excluding carboxylic acids is 2. The molecular formula is C22H24F3N3O4. The van der Waals surface area contributed by atoms with E-state index in [1.165, 1.54) is 6.07 Å². The van der Waals surface area contributed by atoms with Gasteiger partial charge >= 0.3 is 6.09 Å². The van der Waals surface area contributed by atoms with Gasteiger partial charge in [0.15, 0.2) is 0 Å². The highest BCUT2D eigenvalue weighted by molar-refractivity contribution is 6.04. The summed E-state index contributed by atoms with van der Waals surface area (Å²) in [5.41, 5.74) is -1.48. The lowest BCUT2D eigenvalue weighted by atomic mass is 10.1. The molecule has 0 atom stereocenters. The first-order valence-corrected chi connectivity index (χ1v) is 10.1. The molecule has 0 spiro atoms. The molecule has 0 saturated carbocycles. The monoisotopic (exact) mass is 451 g/mol. The maximum atomic E-state index is 13.8. The van der Waals surface area contributed by atoms with E-state index in [1.807, 2.05) is 0 Å². The summed E-state index contributed by atoms with van der Waals surface area (Å²) in [5, 5.41) is 2.28. The number of nitrogens with one attached hydrogen (secondary N) is 1. The van der Waals surface area contributed by atoms with Crippen molar-refractivity contribution >= 4 is 17.8 Å². The maximum absolute atomic E-state index is 13.8. The number of hydrogen-bond donors (Lipinski definition) is 1. The number of anilines is 1. The lowest BCUT2D eigenvalue weighted by molar-refractivity contribution is 0.0123. The highest BCUT2D eigenvalue weighted by Crippen LogP contribution is 2.22. The van der Waals surface area contributed by atoms with Crippen molar-refractivity contribution in [2.75, 3.05) is 18.4 Å². The molecule has 1 aromatic carbocycles. The van der Waals surface area contributed by atoms with E-state index < -0.39 is 34.5 Å². The summed E-state index contributed by atoms with van der Waals surface area (Å²) < 4.78 is 51.9. The molecule has 0 bridgehead atoms. The number of nitrogens with zero attached hydrogens (tertiary/aromatic N) is 2. The third-order valence-electron chi connectivity index (χ3n) is 4.58. The molecule has 0 aliphatic carbocycles. The SMILES string of the molecule is CC(C)(C)OC(=O)N1CCC(Oc2cccc(NC(=O)c3c(F)cc(F)cc3F)n2)CC1. The van der Waals surface area contributed by atoms with E-state index in [2.05, 4.69) is 10.3 Å². The molecule has 1 aromatic heterocycles. The molecule has 10 heteroatoms. The van der Waals surface area contributed by atoms with Crippen molar-refractivity contribution in [3.63, 3.8) is 0 Å². The molecule has 2 heterocycles. The summed E-state index contributed by atoms with van der Waals surface area (Å²) in [5.74, 6) is -4.63. The molecule has 0 unspecified atom stereocenters. The Kier molecular flexibility index (Phi) is 6.90. The first-order valence-electron chi connectivity index (χ1n) is 10.1. The third kappa shape index (κ3) is 6.12. The summed E-state index contributed by atoms with van der Waals surface area (Å²) in [4.78, 5) is 30.1. The number of pyridine rings is 1. The van der Waals surface area contributed by atoms with Crippen molar-refractivity contribution in [1.82, 2.24) is 9.88 Å². The number of likely N-dealkylation sites (tertiary alicyclic amines) is 1. The van der Waals surface area contributed by atoms with Gasteiger partial charge in [0, 0.05) is 44.1 Å². The van der Waals surface area contributed by atoms with Gasteiger partial charge in [-0.15, -0.1) is 0 Å². The Labute approximate surface area is 183 Å². The number of carbonyl (C=O) groups is 2. The molecule has 1 fully saturated rings. The van der Waals surface area contributed by atoms with Crippen molar-refractivity contribution in [2.45, 2.75) is 45.3 Å². The zero-order valence-electron chi connectivity index (χ0n) is 18.0. The van der Waals surface area contributed by atoms with Crippen molar-refractivity contribution in [3.8, 4) is 5.88 Å². The van der Waals surface area contributed by atoms with Gasteiger partial charge in [-0.3, -0.25) is 4.79 Å². The first kappa shape index (κ1) is 23.4. The topological polar surface area (TPSA) is 80.8 Å². The van der Waals surface area contributed by atoms with Gasteiger partial charge < -0.3 is 19.7 Å². The predicted octanol–water partition coefficient (Wildman–Crippen LogP) is 4.53. The molecule has 3 rings (SSSR count). The normalized spacial score (nSPS) is 14.8. The largest absolute Gasteiger partial charge is 0.474 e. The number of rotatable bonds is 4. The molecule has 7 nitrogen and oxygen atoms in total. The maximum Gasteiger partial charge on any atom is 0.410 e. The van der Waals surface area contributed by atoms with Crippen LogP contribution in [0.25, 0.3) is 0 Å². The van der Waals surface area contributed by atoms with Crippen molar-refractivity contribution in [1.29, 1.82) is 0 Å². The molecule has 0 radical (unpaired) electrons. The summed E-state index contributed by atoms with van der Waals surface area (Å²) in [6.07, 6.45) is 0.533. The third-order valence-corrected chi connectivity index (χ3v) is 4.58. The van der Waals surface area contributed by atoms with Crippen LogP contribution in [0.4, 0.5) is 23.8 Å². The second kappa shape index (κ2) is 9.46. The van der Waals surface area contributed by atoms with Crippen LogP contribution >= 0.6 is 0 Å². The predicted molar refractivity (Wildman–Crippen MR) is 110 cm³/mol. The number of halogens is 3. The lowest BCUT2D eigenvalue weighted by Crippen LogP contribution is -2.44. The standard InChI is InChI=1S/C22H24F3N3O4/c1-22(2,3)32-21(30)28-9-7-14(8-10-28)31-18-6-4-5-17(26-18)27-20(29)19-15(24)11-13(23)12-16(19)25/h4-6,11-12,14H,7-10H2,1-3H3,(H,26,27,29). The second-order valence-corrected chi connectivity index (χ2v) is 8.34. The van der Waals surface area contributed by atoms with Crippen LogP contribution in [0, 0.1) is 17.5 Å². The molecule has 1 aliphatic rings. The molecule has 2 amide bonds. The van der Waals surface area contributed by atoms with E-state index >= 15 is 0 Å². The second-order valence-electron chi connectivity index (χ2n) is 8.34. The summed E-state index contributed by atoms with van der Waals surface area (Å²) in [7, 11) is 0. The molecule has 2 aromatic rings. The Balaban J connectivity index is 1.58. The molecule has 1 aliphatic heterocycles. The summed E-state index contributed by atoms with van der Waals surface area (Å²) in [6.45, 7) is 6.32. The van der Waals surface area contributed by atoms with Crippen LogP contribution < -0.4 is 10.1 Å². The highest BCUT2D eigenvalue weighted by Gasteiger charge is 2.28. The van der Waals surface area contributed by atoms with Gasteiger partial charge in [0.2, 0.25) is 5.88 Å². The average molecular weight is 451 g/mol. The smallest absolute Gasteiger partial charge is 0.410 e. The van der Waals surface area contributed by atoms with E-state index in [-0.39, 0.29) is 23.9 Å². The van der Waals surface area contributed by atoms with Gasteiger partial charge in [0.25, 0.3) is 5.91 Å². The van der Waals surface area contributed by atoms with Crippen LogP contribution in [-0.4, -0.2) is 46.7 Å². The van der Waals surface area contributed by atoms with E-state index in [0.29, 0.717) is 38.1 Å². The Morgan fingerprint density at radius 2 is 1.72 bits per heavy atom. The molecule has 32 heavy (non-hydrogen) atoms. The minimum atomic E-state index is -1.32. The zero-order valence-corrected chi connectivity index (χ0v) is 18.0. The quantitative estimate of drug-likeness (QED) is 0.739. The van der Waals surface area contributed by atoms with Crippen molar-refractivity contribution in [2.24, 2.45) is 0 Å². The minimum Gasteiger partial charge on any atom is -0.474 e. The Morgan fingerprint density at radius 3 is 2.31 bits per heavy atom. The Bertz CT molecular complexity index is 979. The van der Waals surface area contributed by atoms with Gasteiger partial charge in [0.05, 0.1) is 0 Å². The zero-order chi connectivity index (χ0) is 23.5. The molecular weight excluding hydrogens is 427 g/mol. The molecule has 1 N–H and O–H groups in total. The van der Waals surface area contributed by atoms with Gasteiger partial charge in [-0.05, 0) is 26.8 Å². The molecule has 172 valence electrons. The van der Waals surface area contributed by atoms with Gasteiger partial charge in [-0.1, -0.05) is 6.07 Å². The summed E-state index contributed by atoms with van der Waals surface area (Å²) in [6, 6.07) is 5.42. The van der Waals surface area contributed by atoms with E-state index in [1.54, 1.807) is 37.8 Å². The number of benzene rings is 1. The van der Waals surface area contributed by atoms with Gasteiger partial charge in [-0.2, -0.15) is 4.98 Å². The fourth-order valence-corrected chi connectivity index (χ4v) is 3.14. The lowest BCUT2D eigenvalue weighted by Gasteiger charge is -2.33. The fraction of sp³-hybridized carbons (Fsp3) is 0.409. The number of ether oxygens (including phenoxy) is 2. The van der Waals surface area contributed by atoms with Crippen LogP contribution in [0.5, 0.6) is 5.88 Å². The van der Waals surface area contributed by atoms with Crippen LogP contribution in [0.1, 0.15) is 44.0 Å². The van der Waals surface area contributed by atoms with E-state index in [0.717, 1.165) is 0 Å². The minimum absolute atomic E-state index is 0.0156. The van der Waals surface area contributed by atoms with Crippen molar-refractivity contribution < 1.29 is 32.2 Å². The van der Waals surface area contributed by atoms with E-state index in [9.17, 15) is 22.8 Å². The van der Waals surface area contributed by atoms with Crippen LogP contribution in [0.2, 0.25) is 0 Å². The van der Waals surface area contributed by atoms with Gasteiger partial charge in [-0.25, -0.2) is 18.0 Å². The Hall–Kier alpha value is -3.30. The molecule has 1 saturated heterocycles. The number of piperidine rings is 1. The van der Waals surface area contributed by atoms with Crippen molar-refractivity contribution in [3.05, 3.63) is 53.3 Å². The number of aromatic nitrogens is 1. The highest BCUT2D eigenvalue weighted by atomic mass is 19.1. The summed E-state index contributed by atoms with van der Waals surface area (Å²) >= 11 is 0. The fourth-order valence-electron chi connectivity index (χ4n) is 3.14. The van der Waals surface area contributed by atoms with Gasteiger partial charge in [0.1, 0.15) is 40.5 Å². The Morgan fingerprint density at radius 1 is 1.09 bits per heavy atom. The van der Waals surface area contributed by atoms with Crippen LogP contribution in [0.3, 0.4) is 0 Å². The first-order chi connectivity index (χ1) is 15.0. The van der Waals surface area contributed by atoms with E-state index in [4.69, 9.17) is 9.47 Å². The number of hydrogen-bond acceptors (Lipinski definition) is 5. The van der Waals surface area contributed by atoms with Crippen LogP contribution in [-0.2, 0) is 4.74 Å². The number of amides is 2.